The maximum atomic E-state index is 6.92. The maximum absolute atomic E-state index is 6.92. The van der Waals surface area contributed by atoms with E-state index in [2.05, 4.69) is 210 Å². The lowest BCUT2D eigenvalue weighted by Gasteiger charge is -2.29. The number of anilines is 3. The van der Waals surface area contributed by atoms with Gasteiger partial charge in [-0.2, -0.15) is 0 Å². The smallest absolute Gasteiger partial charge is 0.145 e. The molecule has 0 radical (unpaired) electrons. The standard InChI is InChI=1S/C58H36N2O2/c1-2-14-39-35-43(32-27-37(39)13-1)59(42-16-11-15-40(36-42)44-21-12-26-55-57(44)49-20-6-10-25-54(49)61-55)52-34-33-48-47-19-5-9-24-53(47)62-58(48)56(52)38-28-30-41(31-29-38)60-50-22-7-3-17-45(50)46-18-4-8-23-51(46)60/h1-36H. The molecule has 4 nitrogen and oxygen atoms in total. The number of benzene rings is 10. The van der Waals surface area contributed by atoms with Crippen molar-refractivity contribution in [2.24, 2.45) is 0 Å². The van der Waals surface area contributed by atoms with Crippen molar-refractivity contribution >= 4 is 93.5 Å². The second-order valence-corrected chi connectivity index (χ2v) is 16.0. The predicted octanol–water partition coefficient (Wildman–Crippen LogP) is 16.5. The molecule has 0 aliphatic heterocycles. The highest BCUT2D eigenvalue weighted by Gasteiger charge is 2.24. The molecule has 0 atom stereocenters. The van der Waals surface area contributed by atoms with Crippen LogP contribution in [0, 0.1) is 0 Å². The van der Waals surface area contributed by atoms with Gasteiger partial charge in [0.2, 0.25) is 0 Å². The zero-order valence-corrected chi connectivity index (χ0v) is 33.5. The number of hydrogen-bond acceptors (Lipinski definition) is 3. The lowest BCUT2D eigenvalue weighted by molar-refractivity contribution is 0.669. The van der Waals surface area contributed by atoms with Gasteiger partial charge in [0, 0.05) is 54.9 Å². The number of furan rings is 2. The van der Waals surface area contributed by atoms with Crippen molar-refractivity contribution < 1.29 is 8.83 Å². The lowest BCUT2D eigenvalue weighted by Crippen LogP contribution is -2.11. The molecule has 3 heterocycles. The van der Waals surface area contributed by atoms with Crippen LogP contribution in [0.4, 0.5) is 17.1 Å². The molecule has 0 spiro atoms. The van der Waals surface area contributed by atoms with Gasteiger partial charge in [0.1, 0.15) is 22.3 Å². The highest BCUT2D eigenvalue weighted by Crippen LogP contribution is 2.48. The van der Waals surface area contributed by atoms with Crippen molar-refractivity contribution in [3.63, 3.8) is 0 Å². The van der Waals surface area contributed by atoms with Gasteiger partial charge in [-0.05, 0) is 106 Å². The zero-order valence-electron chi connectivity index (χ0n) is 33.5. The maximum Gasteiger partial charge on any atom is 0.145 e. The zero-order chi connectivity index (χ0) is 40.7. The molecule has 0 N–H and O–H groups in total. The summed E-state index contributed by atoms with van der Waals surface area (Å²) in [5.74, 6) is 0. The molecule has 0 aliphatic rings. The Hall–Kier alpha value is -8.34. The first-order valence-electron chi connectivity index (χ1n) is 21.1. The highest BCUT2D eigenvalue weighted by molar-refractivity contribution is 6.15. The van der Waals surface area contributed by atoms with Crippen LogP contribution in [-0.2, 0) is 0 Å². The molecule has 4 heteroatoms. The summed E-state index contributed by atoms with van der Waals surface area (Å²) in [6.07, 6.45) is 0. The van der Waals surface area contributed by atoms with Crippen LogP contribution >= 0.6 is 0 Å². The Kier molecular flexibility index (Phi) is 7.57. The Morgan fingerprint density at radius 2 is 1.00 bits per heavy atom. The topological polar surface area (TPSA) is 34.5 Å². The fourth-order valence-corrected chi connectivity index (χ4v) is 9.79. The van der Waals surface area contributed by atoms with E-state index in [4.69, 9.17) is 8.83 Å². The molecule has 0 amide bonds. The summed E-state index contributed by atoms with van der Waals surface area (Å²) in [6.45, 7) is 0. The van der Waals surface area contributed by atoms with Gasteiger partial charge >= 0.3 is 0 Å². The van der Waals surface area contributed by atoms with Crippen LogP contribution in [-0.4, -0.2) is 4.57 Å². The molecule has 3 aromatic heterocycles. The van der Waals surface area contributed by atoms with E-state index in [0.29, 0.717) is 0 Å². The van der Waals surface area contributed by atoms with Gasteiger partial charge in [0.05, 0.1) is 16.7 Å². The van der Waals surface area contributed by atoms with Crippen LogP contribution in [0.15, 0.2) is 227 Å². The third-order valence-corrected chi connectivity index (χ3v) is 12.6. The summed E-state index contributed by atoms with van der Waals surface area (Å²) in [7, 11) is 0. The SMILES string of the molecule is c1cc(-c2cccc3oc4ccccc4c23)cc(N(c2ccc3ccccc3c2)c2ccc3c(oc4ccccc43)c2-c2ccc(-n3c4ccccc4c4ccccc43)cc2)c1. The van der Waals surface area contributed by atoms with Crippen LogP contribution in [0.5, 0.6) is 0 Å². The van der Waals surface area contributed by atoms with Crippen LogP contribution < -0.4 is 4.90 Å². The Morgan fingerprint density at radius 1 is 0.371 bits per heavy atom. The average molecular weight is 793 g/mol. The summed E-state index contributed by atoms with van der Waals surface area (Å²) in [4.78, 5) is 2.40. The minimum Gasteiger partial charge on any atom is -0.456 e. The number of para-hydroxylation sites is 4. The Bertz CT molecular complexity index is 3830. The highest BCUT2D eigenvalue weighted by atomic mass is 16.3. The molecular weight excluding hydrogens is 757 g/mol. The van der Waals surface area contributed by atoms with E-state index in [1.807, 2.05) is 18.2 Å². The van der Waals surface area contributed by atoms with E-state index >= 15 is 0 Å². The normalized spacial score (nSPS) is 11.9. The first-order chi connectivity index (χ1) is 30.7. The predicted molar refractivity (Wildman–Crippen MR) is 258 cm³/mol. The summed E-state index contributed by atoms with van der Waals surface area (Å²) in [6, 6.07) is 78.0. The summed E-state index contributed by atoms with van der Waals surface area (Å²) >= 11 is 0. The lowest BCUT2D eigenvalue weighted by atomic mass is 9.96. The summed E-state index contributed by atoms with van der Waals surface area (Å²) < 4.78 is 15.6. The van der Waals surface area contributed by atoms with Gasteiger partial charge in [0.25, 0.3) is 0 Å². The van der Waals surface area contributed by atoms with Gasteiger partial charge in [0.15, 0.2) is 0 Å². The van der Waals surface area contributed by atoms with Gasteiger partial charge in [-0.3, -0.25) is 0 Å². The van der Waals surface area contributed by atoms with Crippen LogP contribution in [0.3, 0.4) is 0 Å². The van der Waals surface area contributed by atoms with Crippen LogP contribution in [0.2, 0.25) is 0 Å². The minimum atomic E-state index is 0.852. The number of nitrogens with zero attached hydrogens (tertiary/aromatic N) is 2. The fraction of sp³-hybridized carbons (Fsp3) is 0. The molecule has 13 rings (SSSR count). The molecular formula is C58H36N2O2. The van der Waals surface area contributed by atoms with Gasteiger partial charge in [-0.15, -0.1) is 0 Å². The molecule has 290 valence electrons. The van der Waals surface area contributed by atoms with Gasteiger partial charge in [-0.25, -0.2) is 0 Å². The monoisotopic (exact) mass is 792 g/mol. The number of rotatable bonds is 6. The number of hydrogen-bond donors (Lipinski definition) is 0. The second kappa shape index (κ2) is 13.6. The Morgan fingerprint density at radius 3 is 1.79 bits per heavy atom. The minimum absolute atomic E-state index is 0.852. The summed E-state index contributed by atoms with van der Waals surface area (Å²) in [5, 5.41) is 9.24. The average Bonchev–Trinajstić information content (AvgIpc) is 4.02. The largest absolute Gasteiger partial charge is 0.456 e. The van der Waals surface area contributed by atoms with Crippen molar-refractivity contribution in [2.75, 3.05) is 4.90 Å². The number of aromatic nitrogens is 1. The molecule has 0 saturated carbocycles. The molecule has 13 aromatic rings. The molecule has 0 aliphatic carbocycles. The van der Waals surface area contributed by atoms with Crippen molar-refractivity contribution in [3.05, 3.63) is 218 Å². The second-order valence-electron chi connectivity index (χ2n) is 16.0. The van der Waals surface area contributed by atoms with Gasteiger partial charge in [-0.1, -0.05) is 140 Å². The number of fused-ring (bicyclic) bond motifs is 10. The van der Waals surface area contributed by atoms with E-state index in [1.54, 1.807) is 0 Å². The molecule has 0 fully saturated rings. The molecule has 0 saturated heterocycles. The van der Waals surface area contributed by atoms with E-state index in [9.17, 15) is 0 Å². The Labute approximate surface area is 356 Å². The molecule has 0 unspecified atom stereocenters. The van der Waals surface area contributed by atoms with Crippen molar-refractivity contribution in [1.29, 1.82) is 0 Å². The molecule has 10 aromatic carbocycles. The van der Waals surface area contributed by atoms with Gasteiger partial charge < -0.3 is 18.3 Å². The quantitative estimate of drug-likeness (QED) is 0.168. The van der Waals surface area contributed by atoms with E-state index in [-0.39, 0.29) is 0 Å². The van der Waals surface area contributed by atoms with Crippen molar-refractivity contribution in [3.8, 4) is 27.9 Å². The third-order valence-electron chi connectivity index (χ3n) is 12.6. The van der Waals surface area contributed by atoms with E-state index in [0.717, 1.165) is 88.9 Å². The van der Waals surface area contributed by atoms with Crippen LogP contribution in [0.25, 0.3) is 104 Å². The first kappa shape index (κ1) is 34.5. The van der Waals surface area contributed by atoms with Crippen LogP contribution in [0.1, 0.15) is 0 Å². The van der Waals surface area contributed by atoms with Crippen molar-refractivity contribution in [1.82, 2.24) is 4.57 Å². The third kappa shape index (κ3) is 5.27. The van der Waals surface area contributed by atoms with E-state index in [1.165, 1.54) is 32.6 Å². The molecule has 62 heavy (non-hydrogen) atoms. The van der Waals surface area contributed by atoms with Crippen molar-refractivity contribution in [2.45, 2.75) is 0 Å². The first-order valence-corrected chi connectivity index (χ1v) is 21.1. The Balaban J connectivity index is 1.06. The molecule has 0 bridgehead atoms. The summed E-state index contributed by atoms with van der Waals surface area (Å²) in [5.41, 5.74) is 14.4. The fourth-order valence-electron chi connectivity index (χ4n) is 9.79. The van der Waals surface area contributed by atoms with E-state index < -0.39 is 0 Å².